The van der Waals surface area contributed by atoms with Gasteiger partial charge in [0.2, 0.25) is 0 Å². The minimum Gasteiger partial charge on any atom is -0.350 e. The molecule has 1 aromatic heterocycles. The molecule has 1 saturated carbocycles. The predicted molar refractivity (Wildman–Crippen MR) is 68.1 cm³/mol. The van der Waals surface area contributed by atoms with E-state index in [0.717, 1.165) is 30.4 Å². The Balaban J connectivity index is 1.90. The number of Topliss-reactive ketones (excluding diaryl/α,β-unsaturated/α-hetero) is 1. The Morgan fingerprint density at radius 3 is 2.76 bits per heavy atom. The highest BCUT2D eigenvalue weighted by Gasteiger charge is 2.36. The molecule has 2 heteroatoms. The number of hydrogen-bond donors (Lipinski definition) is 0. The molecule has 0 aromatic carbocycles. The van der Waals surface area contributed by atoms with Gasteiger partial charge in [0.1, 0.15) is 0 Å². The molecule has 3 rings (SSSR count). The summed E-state index contributed by atoms with van der Waals surface area (Å²) in [5, 5.41) is 0. The number of carbonyl (C=O) groups excluding carboxylic acids is 1. The van der Waals surface area contributed by atoms with E-state index in [4.69, 9.17) is 0 Å². The first-order valence-electron chi connectivity index (χ1n) is 6.67. The zero-order valence-corrected chi connectivity index (χ0v) is 11.0. The molecule has 0 spiro atoms. The minimum atomic E-state index is 0.134. The summed E-state index contributed by atoms with van der Waals surface area (Å²) in [5.41, 5.74) is 2.40. The number of ketones is 1. The second-order valence-electron chi connectivity index (χ2n) is 6.74. The molecule has 0 radical (unpaired) electrons. The van der Waals surface area contributed by atoms with E-state index in [0.29, 0.717) is 12.2 Å². The Kier molecular flexibility index (Phi) is 2.26. The smallest absolute Gasteiger partial charge is 0.165 e. The van der Waals surface area contributed by atoms with Crippen molar-refractivity contribution in [3.8, 4) is 0 Å². The van der Waals surface area contributed by atoms with E-state index >= 15 is 0 Å². The zero-order chi connectivity index (χ0) is 12.2. The fraction of sp³-hybridized carbons (Fsp3) is 0.667. The van der Waals surface area contributed by atoms with Crippen LogP contribution in [0.1, 0.15) is 49.7 Å². The van der Waals surface area contributed by atoms with Crippen LogP contribution in [0.3, 0.4) is 0 Å². The first kappa shape index (κ1) is 11.1. The summed E-state index contributed by atoms with van der Waals surface area (Å²) in [6, 6.07) is 2.03. The number of hydrogen-bond acceptors (Lipinski definition) is 1. The Labute approximate surface area is 103 Å². The van der Waals surface area contributed by atoms with Crippen molar-refractivity contribution in [2.24, 2.45) is 17.3 Å². The van der Waals surface area contributed by atoms with Crippen LogP contribution >= 0.6 is 0 Å². The SMILES string of the molecule is CC1CC1Cn1ccc2c1CC(C)(C)CC2=O. The van der Waals surface area contributed by atoms with Crippen LogP contribution in [-0.2, 0) is 13.0 Å². The maximum atomic E-state index is 12.1. The van der Waals surface area contributed by atoms with E-state index in [1.807, 2.05) is 6.07 Å². The molecule has 2 nitrogen and oxygen atoms in total. The number of aromatic nitrogens is 1. The highest BCUT2D eigenvalue weighted by atomic mass is 16.1. The lowest BCUT2D eigenvalue weighted by Gasteiger charge is -2.29. The minimum absolute atomic E-state index is 0.134. The van der Waals surface area contributed by atoms with E-state index < -0.39 is 0 Å². The summed E-state index contributed by atoms with van der Waals surface area (Å²) in [4.78, 5) is 12.1. The van der Waals surface area contributed by atoms with E-state index in [1.54, 1.807) is 0 Å². The summed E-state index contributed by atoms with van der Waals surface area (Å²) in [6.07, 6.45) is 5.21. The molecule has 0 saturated heterocycles. The number of nitrogens with zero attached hydrogens (tertiary/aromatic N) is 1. The van der Waals surface area contributed by atoms with Crippen LogP contribution in [0.15, 0.2) is 12.3 Å². The third-order valence-electron chi connectivity index (χ3n) is 4.37. The molecule has 1 fully saturated rings. The molecule has 0 amide bonds. The average molecular weight is 231 g/mol. The molecule has 0 bridgehead atoms. The molecular weight excluding hydrogens is 210 g/mol. The zero-order valence-electron chi connectivity index (χ0n) is 11.0. The standard InChI is InChI=1S/C15H21NO/c1-10-6-11(10)9-16-5-4-12-13(16)7-15(2,3)8-14(12)17/h4-5,10-11H,6-9H2,1-3H3. The van der Waals surface area contributed by atoms with Crippen molar-refractivity contribution in [1.82, 2.24) is 4.57 Å². The van der Waals surface area contributed by atoms with Gasteiger partial charge in [-0.05, 0) is 36.2 Å². The number of fused-ring (bicyclic) bond motifs is 1. The fourth-order valence-electron chi connectivity index (χ4n) is 3.08. The molecule has 0 aliphatic heterocycles. The number of carbonyl (C=O) groups is 1. The maximum Gasteiger partial charge on any atom is 0.165 e. The Bertz CT molecular complexity index is 469. The van der Waals surface area contributed by atoms with Gasteiger partial charge < -0.3 is 4.57 Å². The third kappa shape index (κ3) is 1.94. The summed E-state index contributed by atoms with van der Waals surface area (Å²) in [6.45, 7) is 7.82. The topological polar surface area (TPSA) is 22.0 Å². The maximum absolute atomic E-state index is 12.1. The van der Waals surface area contributed by atoms with Gasteiger partial charge in [-0.25, -0.2) is 0 Å². The quantitative estimate of drug-likeness (QED) is 0.765. The lowest BCUT2D eigenvalue weighted by atomic mass is 9.76. The van der Waals surface area contributed by atoms with Crippen LogP contribution in [0.4, 0.5) is 0 Å². The molecule has 17 heavy (non-hydrogen) atoms. The van der Waals surface area contributed by atoms with Crippen LogP contribution in [-0.4, -0.2) is 10.4 Å². The highest BCUT2D eigenvalue weighted by molar-refractivity contribution is 5.98. The van der Waals surface area contributed by atoms with Crippen molar-refractivity contribution in [2.45, 2.75) is 46.6 Å². The molecule has 0 N–H and O–H groups in total. The Hall–Kier alpha value is -1.05. The van der Waals surface area contributed by atoms with Crippen molar-refractivity contribution in [2.75, 3.05) is 0 Å². The second kappa shape index (κ2) is 3.47. The van der Waals surface area contributed by atoms with E-state index in [2.05, 4.69) is 31.5 Å². The largest absolute Gasteiger partial charge is 0.350 e. The predicted octanol–water partition coefficient (Wildman–Crippen LogP) is 3.30. The lowest BCUT2D eigenvalue weighted by Crippen LogP contribution is -2.28. The van der Waals surface area contributed by atoms with Crippen LogP contribution in [0.25, 0.3) is 0 Å². The molecule has 2 aliphatic carbocycles. The van der Waals surface area contributed by atoms with Gasteiger partial charge in [0.05, 0.1) is 0 Å². The highest BCUT2D eigenvalue weighted by Crippen LogP contribution is 2.41. The van der Waals surface area contributed by atoms with Gasteiger partial charge in [0.25, 0.3) is 0 Å². The molecule has 2 aliphatic rings. The molecule has 2 atom stereocenters. The molecule has 2 unspecified atom stereocenters. The third-order valence-corrected chi connectivity index (χ3v) is 4.37. The molecular formula is C15H21NO. The second-order valence-corrected chi connectivity index (χ2v) is 6.74. The van der Waals surface area contributed by atoms with Gasteiger partial charge in [0, 0.05) is 30.4 Å². The van der Waals surface area contributed by atoms with E-state index in [9.17, 15) is 4.79 Å². The summed E-state index contributed by atoms with van der Waals surface area (Å²) >= 11 is 0. The van der Waals surface area contributed by atoms with Gasteiger partial charge in [-0.2, -0.15) is 0 Å². The van der Waals surface area contributed by atoms with Gasteiger partial charge in [-0.3, -0.25) is 4.79 Å². The number of rotatable bonds is 2. The Morgan fingerprint density at radius 2 is 2.12 bits per heavy atom. The van der Waals surface area contributed by atoms with Crippen molar-refractivity contribution in [3.05, 3.63) is 23.5 Å². The van der Waals surface area contributed by atoms with Crippen LogP contribution in [0.2, 0.25) is 0 Å². The first-order valence-corrected chi connectivity index (χ1v) is 6.67. The molecule has 1 heterocycles. The monoisotopic (exact) mass is 231 g/mol. The van der Waals surface area contributed by atoms with Crippen molar-refractivity contribution >= 4 is 5.78 Å². The van der Waals surface area contributed by atoms with Crippen molar-refractivity contribution < 1.29 is 4.79 Å². The van der Waals surface area contributed by atoms with Crippen LogP contribution in [0, 0.1) is 17.3 Å². The Morgan fingerprint density at radius 1 is 1.41 bits per heavy atom. The summed E-state index contributed by atoms with van der Waals surface area (Å²) < 4.78 is 2.34. The summed E-state index contributed by atoms with van der Waals surface area (Å²) in [5.74, 6) is 2.05. The fourth-order valence-corrected chi connectivity index (χ4v) is 3.08. The van der Waals surface area contributed by atoms with Crippen molar-refractivity contribution in [1.29, 1.82) is 0 Å². The van der Waals surface area contributed by atoms with Gasteiger partial charge in [-0.1, -0.05) is 20.8 Å². The van der Waals surface area contributed by atoms with Crippen LogP contribution in [0.5, 0.6) is 0 Å². The molecule has 1 aromatic rings. The van der Waals surface area contributed by atoms with E-state index in [1.165, 1.54) is 12.1 Å². The van der Waals surface area contributed by atoms with Gasteiger partial charge in [-0.15, -0.1) is 0 Å². The molecule has 92 valence electrons. The van der Waals surface area contributed by atoms with Gasteiger partial charge >= 0.3 is 0 Å². The average Bonchev–Trinajstić information content (AvgIpc) is 2.73. The van der Waals surface area contributed by atoms with Crippen LogP contribution < -0.4 is 0 Å². The van der Waals surface area contributed by atoms with Crippen molar-refractivity contribution in [3.63, 3.8) is 0 Å². The normalized spacial score (nSPS) is 30.2. The summed E-state index contributed by atoms with van der Waals surface area (Å²) in [7, 11) is 0. The first-order chi connectivity index (χ1) is 7.96. The lowest BCUT2D eigenvalue weighted by molar-refractivity contribution is 0.0910. The van der Waals surface area contributed by atoms with Gasteiger partial charge in [0.15, 0.2) is 5.78 Å². The van der Waals surface area contributed by atoms with E-state index in [-0.39, 0.29) is 5.41 Å².